The molecule has 1 N–H and O–H groups in total. The van der Waals surface area contributed by atoms with Crippen LogP contribution in [0.25, 0.3) is 0 Å². The first-order valence-electron chi connectivity index (χ1n) is 7.52. The molecule has 0 bridgehead atoms. The van der Waals surface area contributed by atoms with Crippen molar-refractivity contribution >= 4 is 5.84 Å². The van der Waals surface area contributed by atoms with Crippen molar-refractivity contribution in [2.24, 2.45) is 10.9 Å². The van der Waals surface area contributed by atoms with Gasteiger partial charge in [0.05, 0.1) is 12.6 Å². The minimum Gasteiger partial charge on any atom is -0.289 e. The largest absolute Gasteiger partial charge is 0.289 e. The average molecular weight is 269 g/mol. The van der Waals surface area contributed by atoms with Gasteiger partial charge in [-0.05, 0) is 30.7 Å². The van der Waals surface area contributed by atoms with E-state index >= 15 is 0 Å². The van der Waals surface area contributed by atoms with Crippen molar-refractivity contribution in [3.05, 3.63) is 48.0 Å². The fourth-order valence-corrected chi connectivity index (χ4v) is 2.94. The third-order valence-corrected chi connectivity index (χ3v) is 4.28. The number of nitrogens with zero attached hydrogens (tertiary/aromatic N) is 2. The molecule has 20 heavy (non-hydrogen) atoms. The van der Waals surface area contributed by atoms with Gasteiger partial charge in [0.25, 0.3) is 0 Å². The summed E-state index contributed by atoms with van der Waals surface area (Å²) in [5.74, 6) is 1.91. The lowest BCUT2D eigenvalue weighted by molar-refractivity contribution is 0.275. The molecule has 2 aliphatic rings. The van der Waals surface area contributed by atoms with E-state index < -0.39 is 0 Å². The second kappa shape index (κ2) is 5.80. The second-order valence-corrected chi connectivity index (χ2v) is 5.72. The fourth-order valence-electron chi connectivity index (χ4n) is 2.94. The van der Waals surface area contributed by atoms with Gasteiger partial charge in [0.2, 0.25) is 0 Å². The molecule has 0 radical (unpaired) electrons. The molecule has 1 heterocycles. The zero-order valence-corrected chi connectivity index (χ0v) is 12.2. The van der Waals surface area contributed by atoms with Crippen LogP contribution in [0.2, 0.25) is 0 Å². The van der Waals surface area contributed by atoms with E-state index in [-0.39, 0.29) is 0 Å². The van der Waals surface area contributed by atoms with Crippen molar-refractivity contribution in [1.29, 1.82) is 0 Å². The number of hydrogen-bond donors (Lipinski definition) is 1. The van der Waals surface area contributed by atoms with Crippen LogP contribution in [0.15, 0.2) is 47.5 Å². The maximum Gasteiger partial charge on any atom is 0.114 e. The van der Waals surface area contributed by atoms with Gasteiger partial charge in [-0.2, -0.15) is 0 Å². The number of benzene rings is 1. The molecule has 1 aliphatic heterocycles. The van der Waals surface area contributed by atoms with Crippen LogP contribution in [-0.2, 0) is 0 Å². The quantitative estimate of drug-likeness (QED) is 0.830. The lowest BCUT2D eigenvalue weighted by Crippen LogP contribution is -2.38. The lowest BCUT2D eigenvalue weighted by atomic mass is 10.1. The van der Waals surface area contributed by atoms with Crippen LogP contribution in [0.1, 0.15) is 37.3 Å². The summed E-state index contributed by atoms with van der Waals surface area (Å²) in [6.07, 6.45) is 4.79. The van der Waals surface area contributed by atoms with E-state index in [1.54, 1.807) is 0 Å². The Labute approximate surface area is 121 Å². The molecule has 2 fully saturated rings. The molecule has 1 aromatic rings. The molecule has 1 aliphatic carbocycles. The van der Waals surface area contributed by atoms with Crippen LogP contribution in [0, 0.1) is 5.92 Å². The number of hydrogen-bond acceptors (Lipinski definition) is 2. The van der Waals surface area contributed by atoms with E-state index in [9.17, 15) is 0 Å². The summed E-state index contributed by atoms with van der Waals surface area (Å²) < 4.78 is 0. The predicted molar refractivity (Wildman–Crippen MR) is 83.5 cm³/mol. The Bertz CT molecular complexity index is 502. The average Bonchev–Trinajstić information content (AvgIpc) is 3.26. The number of hydrazine groups is 1. The molecule has 0 aromatic heterocycles. The van der Waals surface area contributed by atoms with Crippen molar-refractivity contribution < 1.29 is 0 Å². The molecule has 3 heteroatoms. The summed E-state index contributed by atoms with van der Waals surface area (Å²) >= 11 is 0. The Kier molecular flexibility index (Phi) is 3.88. The number of amidine groups is 1. The van der Waals surface area contributed by atoms with Gasteiger partial charge in [-0.1, -0.05) is 42.5 Å². The lowest BCUT2D eigenvalue weighted by Gasteiger charge is -2.26. The topological polar surface area (TPSA) is 27.6 Å². The van der Waals surface area contributed by atoms with Crippen LogP contribution < -0.4 is 5.43 Å². The smallest absolute Gasteiger partial charge is 0.114 e. The van der Waals surface area contributed by atoms with E-state index in [4.69, 9.17) is 4.99 Å². The van der Waals surface area contributed by atoms with Gasteiger partial charge in [-0.15, -0.1) is 0 Å². The summed E-state index contributed by atoms with van der Waals surface area (Å²) in [7, 11) is 1.98. The third-order valence-electron chi connectivity index (χ3n) is 4.28. The molecule has 1 unspecified atom stereocenters. The first kappa shape index (κ1) is 13.4. The molecule has 3 rings (SSSR count). The summed E-state index contributed by atoms with van der Waals surface area (Å²) in [6.45, 7) is 4.95. The highest BCUT2D eigenvalue weighted by Crippen LogP contribution is 2.36. The number of aliphatic imine (C=N–C) groups is 1. The highest BCUT2D eigenvalue weighted by Gasteiger charge is 2.30. The Hall–Kier alpha value is -1.61. The second-order valence-electron chi connectivity index (χ2n) is 5.72. The van der Waals surface area contributed by atoms with Crippen molar-refractivity contribution in [3.8, 4) is 0 Å². The molecular formula is C17H23N3. The SMILES string of the molecule is C=C(CN=C1CCC(c2ccccc2)N1NC)C1CC1. The molecule has 3 nitrogen and oxygen atoms in total. The standard InChI is InChI=1S/C17H23N3/c1-13(14-8-9-14)12-19-17-11-10-16(20(17)18-2)15-6-4-3-5-7-15/h3-7,14,16,18H,1,8-12H2,2H3. The van der Waals surface area contributed by atoms with Gasteiger partial charge in [-0.25, -0.2) is 5.43 Å². The first-order chi connectivity index (χ1) is 9.79. The Morgan fingerprint density at radius 3 is 2.70 bits per heavy atom. The van der Waals surface area contributed by atoms with Crippen molar-refractivity contribution in [1.82, 2.24) is 10.4 Å². The summed E-state index contributed by atoms with van der Waals surface area (Å²) in [4.78, 5) is 4.79. The minimum atomic E-state index is 0.397. The van der Waals surface area contributed by atoms with E-state index in [1.165, 1.54) is 29.8 Å². The number of rotatable bonds is 5. The van der Waals surface area contributed by atoms with Gasteiger partial charge in [-0.3, -0.25) is 10.0 Å². The van der Waals surface area contributed by atoms with E-state index in [0.29, 0.717) is 6.04 Å². The van der Waals surface area contributed by atoms with Gasteiger partial charge in [0.1, 0.15) is 5.84 Å². The summed E-state index contributed by atoms with van der Waals surface area (Å²) in [5.41, 5.74) is 5.96. The molecule has 0 spiro atoms. The van der Waals surface area contributed by atoms with Crippen LogP contribution in [0.4, 0.5) is 0 Å². The fraction of sp³-hybridized carbons (Fsp3) is 0.471. The molecule has 0 amide bonds. The van der Waals surface area contributed by atoms with Crippen LogP contribution >= 0.6 is 0 Å². The highest BCUT2D eigenvalue weighted by molar-refractivity contribution is 5.84. The molecule has 1 saturated carbocycles. The molecule has 106 valence electrons. The van der Waals surface area contributed by atoms with Crippen LogP contribution in [-0.4, -0.2) is 24.4 Å². The summed E-state index contributed by atoms with van der Waals surface area (Å²) in [6, 6.07) is 11.1. The van der Waals surface area contributed by atoms with Gasteiger partial charge in [0, 0.05) is 13.5 Å². The van der Waals surface area contributed by atoms with Crippen LogP contribution in [0.3, 0.4) is 0 Å². The maximum atomic E-state index is 4.79. The van der Waals surface area contributed by atoms with Crippen molar-refractivity contribution in [2.45, 2.75) is 31.7 Å². The molecule has 1 saturated heterocycles. The van der Waals surface area contributed by atoms with Gasteiger partial charge < -0.3 is 0 Å². The number of nitrogens with one attached hydrogen (secondary N) is 1. The third kappa shape index (κ3) is 2.78. The molecular weight excluding hydrogens is 246 g/mol. The monoisotopic (exact) mass is 269 g/mol. The van der Waals surface area contributed by atoms with Crippen molar-refractivity contribution in [3.63, 3.8) is 0 Å². The molecule has 1 aromatic carbocycles. The minimum absolute atomic E-state index is 0.397. The van der Waals surface area contributed by atoms with E-state index in [2.05, 4.69) is 47.3 Å². The van der Waals surface area contributed by atoms with E-state index in [1.807, 2.05) is 7.05 Å². The highest BCUT2D eigenvalue weighted by atomic mass is 15.5. The maximum absolute atomic E-state index is 4.79. The Morgan fingerprint density at radius 1 is 1.30 bits per heavy atom. The Balaban J connectivity index is 1.70. The Morgan fingerprint density at radius 2 is 2.05 bits per heavy atom. The zero-order valence-electron chi connectivity index (χ0n) is 12.2. The normalized spacial score (nSPS) is 24.4. The predicted octanol–water partition coefficient (Wildman–Crippen LogP) is 3.32. The van der Waals surface area contributed by atoms with Crippen LogP contribution in [0.5, 0.6) is 0 Å². The molecule has 1 atom stereocenters. The zero-order chi connectivity index (χ0) is 13.9. The van der Waals surface area contributed by atoms with E-state index in [0.717, 1.165) is 25.3 Å². The first-order valence-corrected chi connectivity index (χ1v) is 7.52. The van der Waals surface area contributed by atoms with Crippen molar-refractivity contribution in [2.75, 3.05) is 13.6 Å². The van der Waals surface area contributed by atoms with Gasteiger partial charge >= 0.3 is 0 Å². The summed E-state index contributed by atoms with van der Waals surface area (Å²) in [5, 5.41) is 2.22. The van der Waals surface area contributed by atoms with Gasteiger partial charge in [0.15, 0.2) is 0 Å².